The molecule has 7 nitrogen and oxygen atoms in total. The Hall–Kier alpha value is -3.48. The molecular formula is C24H26N6O. The Morgan fingerprint density at radius 3 is 2.74 bits per heavy atom. The van der Waals surface area contributed by atoms with E-state index in [0.29, 0.717) is 0 Å². The molecule has 1 aromatic carbocycles. The van der Waals surface area contributed by atoms with E-state index < -0.39 is 0 Å². The highest BCUT2D eigenvalue weighted by Crippen LogP contribution is 2.40. The van der Waals surface area contributed by atoms with Crippen molar-refractivity contribution in [2.75, 3.05) is 5.32 Å². The molecule has 0 fully saturated rings. The summed E-state index contributed by atoms with van der Waals surface area (Å²) in [4.78, 5) is 15.8. The number of benzene rings is 1. The van der Waals surface area contributed by atoms with Crippen LogP contribution in [0.4, 0.5) is 5.69 Å². The number of rotatable bonds is 4. The average Bonchev–Trinajstić information content (AvgIpc) is 3.38. The summed E-state index contributed by atoms with van der Waals surface area (Å²) in [5.74, 6) is -0.0767. The first kappa shape index (κ1) is 19.5. The molecular weight excluding hydrogens is 388 g/mol. The van der Waals surface area contributed by atoms with E-state index in [-0.39, 0.29) is 17.4 Å². The normalized spacial score (nSPS) is 15.7. The maximum Gasteiger partial charge on any atom is 0.221 e. The number of carbonyl (C=O) groups is 1. The Morgan fingerprint density at radius 1 is 1.23 bits per heavy atom. The summed E-state index contributed by atoms with van der Waals surface area (Å²) in [7, 11) is 0. The summed E-state index contributed by atoms with van der Waals surface area (Å²) < 4.78 is 1.94. The smallest absolute Gasteiger partial charge is 0.221 e. The number of carbonyl (C=O) groups excluding carboxylic acids is 1. The van der Waals surface area contributed by atoms with E-state index in [1.165, 1.54) is 18.2 Å². The number of anilines is 1. The molecule has 1 amide bonds. The van der Waals surface area contributed by atoms with Gasteiger partial charge in [-0.2, -0.15) is 10.2 Å². The summed E-state index contributed by atoms with van der Waals surface area (Å²) in [6.45, 7) is 8.19. The van der Waals surface area contributed by atoms with Crippen molar-refractivity contribution >= 4 is 22.6 Å². The molecule has 2 N–H and O–H groups in total. The minimum Gasteiger partial charge on any atom is -0.326 e. The number of aromatic nitrogens is 5. The van der Waals surface area contributed by atoms with Crippen molar-refractivity contribution < 1.29 is 4.79 Å². The summed E-state index contributed by atoms with van der Waals surface area (Å²) >= 11 is 0. The highest BCUT2D eigenvalue weighted by Gasteiger charge is 2.32. The standard InChI is InChI=1S/C24H26N6O/c1-14(16-5-7-19(8-6-16)26-15(2)31)30-13-18-9-17(12-25-23(18)29-30)22-20-10-24(3,4)11-21(20)27-28-22/h5-9,12-14H,10-11H2,1-4H3,(H,26,31)(H,27,28). The monoisotopic (exact) mass is 414 g/mol. The number of H-pyrrole nitrogens is 1. The number of hydrogen-bond donors (Lipinski definition) is 2. The van der Waals surface area contributed by atoms with E-state index in [9.17, 15) is 4.79 Å². The largest absolute Gasteiger partial charge is 0.326 e. The van der Waals surface area contributed by atoms with Crippen LogP contribution in [0, 0.1) is 5.41 Å². The average molecular weight is 415 g/mol. The van der Waals surface area contributed by atoms with Gasteiger partial charge in [0.25, 0.3) is 0 Å². The number of nitrogens with one attached hydrogen (secondary N) is 2. The highest BCUT2D eigenvalue weighted by molar-refractivity contribution is 5.88. The lowest BCUT2D eigenvalue weighted by atomic mass is 9.90. The molecule has 1 atom stereocenters. The predicted molar refractivity (Wildman–Crippen MR) is 121 cm³/mol. The van der Waals surface area contributed by atoms with E-state index in [0.717, 1.165) is 46.4 Å². The number of aromatic amines is 1. The third-order valence-electron chi connectivity index (χ3n) is 6.02. The van der Waals surface area contributed by atoms with Gasteiger partial charge in [0.05, 0.1) is 11.7 Å². The van der Waals surface area contributed by atoms with Crippen LogP contribution in [-0.2, 0) is 17.6 Å². The second-order valence-corrected chi connectivity index (χ2v) is 9.27. The molecule has 3 aromatic heterocycles. The van der Waals surface area contributed by atoms with Crippen LogP contribution >= 0.6 is 0 Å². The molecule has 0 bridgehead atoms. The van der Waals surface area contributed by atoms with Crippen LogP contribution in [0.2, 0.25) is 0 Å². The minimum atomic E-state index is -0.0767. The summed E-state index contributed by atoms with van der Waals surface area (Å²) in [6, 6.07) is 10.0. The fraction of sp³-hybridized carbons (Fsp3) is 0.333. The molecule has 4 aromatic rings. The van der Waals surface area contributed by atoms with Crippen molar-refractivity contribution in [2.45, 2.75) is 46.6 Å². The van der Waals surface area contributed by atoms with Gasteiger partial charge >= 0.3 is 0 Å². The second-order valence-electron chi connectivity index (χ2n) is 9.27. The van der Waals surface area contributed by atoms with Gasteiger partial charge in [0.15, 0.2) is 5.65 Å². The molecule has 31 heavy (non-hydrogen) atoms. The van der Waals surface area contributed by atoms with Crippen LogP contribution in [0.25, 0.3) is 22.3 Å². The number of hydrogen-bond acceptors (Lipinski definition) is 4. The van der Waals surface area contributed by atoms with E-state index in [1.807, 2.05) is 41.3 Å². The van der Waals surface area contributed by atoms with Crippen molar-refractivity contribution in [1.82, 2.24) is 25.0 Å². The lowest BCUT2D eigenvalue weighted by Gasteiger charge is -2.15. The van der Waals surface area contributed by atoms with Crippen LogP contribution in [0.15, 0.2) is 42.7 Å². The fourth-order valence-electron chi connectivity index (χ4n) is 4.46. The second kappa shape index (κ2) is 7.04. The SMILES string of the molecule is CC(=O)Nc1ccc(C(C)n2cc3cc(-c4n[nH]c5c4CC(C)(C)C5)cnc3n2)cc1. The molecule has 0 aliphatic heterocycles. The molecule has 0 saturated heterocycles. The van der Waals surface area contributed by atoms with Gasteiger partial charge in [-0.1, -0.05) is 26.0 Å². The third-order valence-corrected chi connectivity index (χ3v) is 6.02. The molecule has 1 aliphatic carbocycles. The van der Waals surface area contributed by atoms with Gasteiger partial charge in [-0.3, -0.25) is 14.6 Å². The van der Waals surface area contributed by atoms with Crippen LogP contribution < -0.4 is 5.32 Å². The number of pyridine rings is 1. The van der Waals surface area contributed by atoms with Crippen LogP contribution in [0.1, 0.15) is 50.6 Å². The highest BCUT2D eigenvalue weighted by atomic mass is 16.1. The lowest BCUT2D eigenvalue weighted by Crippen LogP contribution is -2.11. The van der Waals surface area contributed by atoms with Crippen LogP contribution in [-0.4, -0.2) is 30.9 Å². The Balaban J connectivity index is 1.43. The molecule has 0 saturated carbocycles. The zero-order valence-electron chi connectivity index (χ0n) is 18.2. The van der Waals surface area contributed by atoms with E-state index >= 15 is 0 Å². The first-order chi connectivity index (χ1) is 14.8. The predicted octanol–water partition coefficient (Wildman–Crippen LogP) is 4.51. The van der Waals surface area contributed by atoms with E-state index in [4.69, 9.17) is 0 Å². The van der Waals surface area contributed by atoms with Gasteiger partial charge in [0, 0.05) is 47.2 Å². The van der Waals surface area contributed by atoms with Gasteiger partial charge in [0.1, 0.15) is 0 Å². The molecule has 3 heterocycles. The summed E-state index contributed by atoms with van der Waals surface area (Å²) in [5, 5.41) is 16.3. The number of fused-ring (bicyclic) bond motifs is 2. The molecule has 0 spiro atoms. The van der Waals surface area contributed by atoms with Gasteiger partial charge in [-0.25, -0.2) is 4.98 Å². The minimum absolute atomic E-state index is 0.0412. The first-order valence-electron chi connectivity index (χ1n) is 10.6. The van der Waals surface area contributed by atoms with Crippen molar-refractivity contribution in [3.05, 3.63) is 59.5 Å². The van der Waals surface area contributed by atoms with Gasteiger partial charge in [-0.05, 0) is 48.9 Å². The van der Waals surface area contributed by atoms with Crippen molar-refractivity contribution in [2.24, 2.45) is 5.41 Å². The summed E-state index contributed by atoms with van der Waals surface area (Å²) in [5.41, 5.74) is 7.46. The topological polar surface area (TPSA) is 88.5 Å². The molecule has 7 heteroatoms. The first-order valence-corrected chi connectivity index (χ1v) is 10.6. The maximum atomic E-state index is 11.2. The molecule has 0 radical (unpaired) electrons. The quantitative estimate of drug-likeness (QED) is 0.514. The zero-order valence-corrected chi connectivity index (χ0v) is 18.2. The summed E-state index contributed by atoms with van der Waals surface area (Å²) in [6.07, 6.45) is 5.96. The number of amides is 1. The molecule has 1 aliphatic rings. The molecule has 158 valence electrons. The van der Waals surface area contributed by atoms with E-state index in [2.05, 4.69) is 52.4 Å². The maximum absolute atomic E-state index is 11.2. The van der Waals surface area contributed by atoms with Gasteiger partial charge in [0.2, 0.25) is 5.91 Å². The van der Waals surface area contributed by atoms with Crippen LogP contribution in [0.3, 0.4) is 0 Å². The molecule has 5 rings (SSSR count). The lowest BCUT2D eigenvalue weighted by molar-refractivity contribution is -0.114. The zero-order chi connectivity index (χ0) is 21.8. The number of nitrogens with zero attached hydrogens (tertiary/aromatic N) is 4. The fourth-order valence-corrected chi connectivity index (χ4v) is 4.46. The Kier molecular flexibility index (Phi) is 4.43. The molecule has 1 unspecified atom stereocenters. The van der Waals surface area contributed by atoms with Crippen molar-refractivity contribution in [3.63, 3.8) is 0 Å². The van der Waals surface area contributed by atoms with Gasteiger partial charge in [-0.15, -0.1) is 0 Å². The third kappa shape index (κ3) is 3.60. The van der Waals surface area contributed by atoms with Crippen molar-refractivity contribution in [3.8, 4) is 11.3 Å². The van der Waals surface area contributed by atoms with E-state index in [1.54, 1.807) is 0 Å². The Bertz CT molecular complexity index is 1280. The van der Waals surface area contributed by atoms with Crippen LogP contribution in [0.5, 0.6) is 0 Å². The Morgan fingerprint density at radius 2 is 2.00 bits per heavy atom. The van der Waals surface area contributed by atoms with Crippen molar-refractivity contribution in [1.29, 1.82) is 0 Å². The van der Waals surface area contributed by atoms with Gasteiger partial charge < -0.3 is 5.32 Å². The Labute approximate surface area is 180 Å².